The first-order valence-electron chi connectivity index (χ1n) is 6.82. The molecule has 0 bridgehead atoms. The number of benzene rings is 1. The van der Waals surface area contributed by atoms with Gasteiger partial charge in [-0.3, -0.25) is 4.98 Å². The number of aliphatic hydroxyl groups is 1. The molecule has 1 aliphatic rings. The molecule has 5 heteroatoms. The van der Waals surface area contributed by atoms with Gasteiger partial charge in [0.15, 0.2) is 0 Å². The first-order valence-corrected chi connectivity index (χ1v) is 6.82. The van der Waals surface area contributed by atoms with E-state index in [0.29, 0.717) is 13.2 Å². The molecule has 20 heavy (non-hydrogen) atoms. The van der Waals surface area contributed by atoms with Crippen LogP contribution in [0.4, 0.5) is 11.4 Å². The van der Waals surface area contributed by atoms with Crippen LogP contribution in [0.15, 0.2) is 30.6 Å². The fourth-order valence-electron chi connectivity index (χ4n) is 2.70. The zero-order chi connectivity index (χ0) is 14.1. The molecule has 0 saturated carbocycles. The molecule has 0 radical (unpaired) electrons. The summed E-state index contributed by atoms with van der Waals surface area (Å²) in [6.07, 6.45) is 3.41. The molecule has 3 rings (SSSR count). The molecule has 1 aromatic carbocycles. The van der Waals surface area contributed by atoms with Crippen LogP contribution >= 0.6 is 0 Å². The van der Waals surface area contributed by atoms with Crippen LogP contribution in [0.2, 0.25) is 0 Å². The van der Waals surface area contributed by atoms with Gasteiger partial charge in [-0.05, 0) is 19.1 Å². The number of morpholine rings is 1. The highest BCUT2D eigenvalue weighted by atomic mass is 16.5. The Morgan fingerprint density at radius 2 is 2.30 bits per heavy atom. The number of aliphatic hydroxyl groups excluding tert-OH is 1. The summed E-state index contributed by atoms with van der Waals surface area (Å²) >= 11 is 0. The maximum Gasteiger partial charge on any atom is 0.0981 e. The van der Waals surface area contributed by atoms with Gasteiger partial charge in [-0.15, -0.1) is 0 Å². The maximum absolute atomic E-state index is 9.29. The number of nitrogens with zero attached hydrogens (tertiary/aromatic N) is 2. The minimum Gasteiger partial charge on any atom is -0.397 e. The Kier molecular flexibility index (Phi) is 3.46. The lowest BCUT2D eigenvalue weighted by Crippen LogP contribution is -2.49. The van der Waals surface area contributed by atoms with E-state index in [2.05, 4.69) is 16.8 Å². The first-order chi connectivity index (χ1) is 9.70. The third-order valence-corrected chi connectivity index (χ3v) is 3.86. The van der Waals surface area contributed by atoms with Gasteiger partial charge >= 0.3 is 0 Å². The third-order valence-electron chi connectivity index (χ3n) is 3.86. The van der Waals surface area contributed by atoms with Crippen LogP contribution in [-0.4, -0.2) is 42.0 Å². The van der Waals surface area contributed by atoms with E-state index in [1.165, 1.54) is 0 Å². The number of pyridine rings is 1. The Morgan fingerprint density at radius 1 is 1.45 bits per heavy atom. The molecule has 1 aliphatic heterocycles. The SMILES string of the molecule is CC1COC(CO)CN1c1ccc2cnccc2c1N. The second-order valence-corrected chi connectivity index (χ2v) is 5.23. The molecule has 1 fully saturated rings. The fourth-order valence-corrected chi connectivity index (χ4v) is 2.70. The molecule has 106 valence electrons. The predicted molar refractivity (Wildman–Crippen MR) is 79.8 cm³/mol. The number of ether oxygens (including phenoxy) is 1. The molecule has 2 aromatic rings. The summed E-state index contributed by atoms with van der Waals surface area (Å²) < 4.78 is 5.58. The van der Waals surface area contributed by atoms with Gasteiger partial charge in [0.1, 0.15) is 0 Å². The van der Waals surface area contributed by atoms with Crippen molar-refractivity contribution in [2.24, 2.45) is 0 Å². The average molecular weight is 273 g/mol. The summed E-state index contributed by atoms with van der Waals surface area (Å²) in [5.74, 6) is 0. The second-order valence-electron chi connectivity index (χ2n) is 5.23. The van der Waals surface area contributed by atoms with Crippen LogP contribution in [0, 0.1) is 0 Å². The molecular weight excluding hydrogens is 254 g/mol. The highest BCUT2D eigenvalue weighted by molar-refractivity contribution is 5.98. The highest BCUT2D eigenvalue weighted by Crippen LogP contribution is 2.33. The largest absolute Gasteiger partial charge is 0.397 e. The van der Waals surface area contributed by atoms with Crippen molar-refractivity contribution in [3.05, 3.63) is 30.6 Å². The van der Waals surface area contributed by atoms with Crippen molar-refractivity contribution < 1.29 is 9.84 Å². The number of nitrogen functional groups attached to an aromatic ring is 1. The summed E-state index contributed by atoms with van der Waals surface area (Å²) in [4.78, 5) is 6.32. The Labute approximate surface area is 118 Å². The van der Waals surface area contributed by atoms with E-state index >= 15 is 0 Å². The predicted octanol–water partition coefficient (Wildman–Crippen LogP) is 1.40. The molecule has 0 amide bonds. The minimum absolute atomic E-state index is 0.0284. The van der Waals surface area contributed by atoms with E-state index in [0.717, 1.165) is 22.1 Å². The van der Waals surface area contributed by atoms with Crippen LogP contribution in [0.5, 0.6) is 0 Å². The summed E-state index contributed by atoms with van der Waals surface area (Å²) in [6, 6.07) is 6.22. The molecule has 2 atom stereocenters. The van der Waals surface area contributed by atoms with Gasteiger partial charge in [0.2, 0.25) is 0 Å². The Hall–Kier alpha value is -1.85. The van der Waals surface area contributed by atoms with Crippen molar-refractivity contribution in [3.63, 3.8) is 0 Å². The number of anilines is 2. The summed E-state index contributed by atoms with van der Waals surface area (Å²) in [7, 11) is 0. The van der Waals surface area contributed by atoms with Gasteiger partial charge in [-0.2, -0.15) is 0 Å². The van der Waals surface area contributed by atoms with E-state index < -0.39 is 0 Å². The number of hydrogen-bond donors (Lipinski definition) is 2. The number of aromatic nitrogens is 1. The van der Waals surface area contributed by atoms with Gasteiger partial charge in [-0.25, -0.2) is 0 Å². The van der Waals surface area contributed by atoms with E-state index in [4.69, 9.17) is 10.5 Å². The monoisotopic (exact) mass is 273 g/mol. The standard InChI is InChI=1S/C15H19N3O2/c1-10-9-20-12(8-19)7-18(10)14-3-2-11-6-17-5-4-13(11)15(14)16/h2-6,10,12,19H,7-9,16H2,1H3. The molecule has 1 aromatic heterocycles. The normalized spacial score (nSPS) is 23.2. The third kappa shape index (κ3) is 2.19. The van der Waals surface area contributed by atoms with Gasteiger partial charge in [0.25, 0.3) is 0 Å². The Bertz CT molecular complexity index is 617. The highest BCUT2D eigenvalue weighted by Gasteiger charge is 2.27. The zero-order valence-electron chi connectivity index (χ0n) is 11.5. The van der Waals surface area contributed by atoms with Crippen LogP contribution < -0.4 is 10.6 Å². The van der Waals surface area contributed by atoms with E-state index in [1.807, 2.05) is 24.4 Å². The summed E-state index contributed by atoms with van der Waals surface area (Å²) in [5, 5.41) is 11.3. The smallest absolute Gasteiger partial charge is 0.0981 e. The minimum atomic E-state index is -0.154. The van der Waals surface area contributed by atoms with Crippen molar-refractivity contribution in [3.8, 4) is 0 Å². The number of hydrogen-bond acceptors (Lipinski definition) is 5. The molecule has 0 spiro atoms. The lowest BCUT2D eigenvalue weighted by Gasteiger charge is -2.39. The fraction of sp³-hybridized carbons (Fsp3) is 0.400. The van der Waals surface area contributed by atoms with Crippen molar-refractivity contribution >= 4 is 22.1 Å². The van der Waals surface area contributed by atoms with Gasteiger partial charge in [0, 0.05) is 35.8 Å². The number of fused-ring (bicyclic) bond motifs is 1. The summed E-state index contributed by atoms with van der Waals surface area (Å²) in [5.41, 5.74) is 8.08. The lowest BCUT2D eigenvalue weighted by molar-refractivity contribution is -0.0102. The van der Waals surface area contributed by atoms with Crippen molar-refractivity contribution in [1.82, 2.24) is 4.98 Å². The van der Waals surface area contributed by atoms with Gasteiger partial charge in [-0.1, -0.05) is 6.07 Å². The van der Waals surface area contributed by atoms with Crippen molar-refractivity contribution in [2.45, 2.75) is 19.1 Å². The van der Waals surface area contributed by atoms with Crippen LogP contribution in [-0.2, 0) is 4.74 Å². The van der Waals surface area contributed by atoms with E-state index in [1.54, 1.807) is 6.20 Å². The number of nitrogens with two attached hydrogens (primary N) is 1. The Morgan fingerprint density at radius 3 is 3.10 bits per heavy atom. The van der Waals surface area contributed by atoms with Crippen molar-refractivity contribution in [2.75, 3.05) is 30.4 Å². The van der Waals surface area contributed by atoms with Crippen LogP contribution in [0.1, 0.15) is 6.92 Å². The van der Waals surface area contributed by atoms with Gasteiger partial charge < -0.3 is 20.5 Å². The van der Waals surface area contributed by atoms with Crippen molar-refractivity contribution in [1.29, 1.82) is 0 Å². The molecule has 0 aliphatic carbocycles. The molecular formula is C15H19N3O2. The zero-order valence-corrected chi connectivity index (χ0v) is 11.5. The quantitative estimate of drug-likeness (QED) is 0.809. The maximum atomic E-state index is 9.29. The van der Waals surface area contributed by atoms with E-state index in [9.17, 15) is 5.11 Å². The topological polar surface area (TPSA) is 71.6 Å². The van der Waals surface area contributed by atoms with Crippen LogP contribution in [0.25, 0.3) is 10.8 Å². The molecule has 1 saturated heterocycles. The molecule has 5 nitrogen and oxygen atoms in total. The van der Waals surface area contributed by atoms with E-state index in [-0.39, 0.29) is 18.8 Å². The summed E-state index contributed by atoms with van der Waals surface area (Å²) in [6.45, 7) is 3.38. The molecule has 2 unspecified atom stereocenters. The lowest BCUT2D eigenvalue weighted by atomic mass is 10.1. The molecule has 2 heterocycles. The Balaban J connectivity index is 2.02. The van der Waals surface area contributed by atoms with Crippen LogP contribution in [0.3, 0.4) is 0 Å². The van der Waals surface area contributed by atoms with Gasteiger partial charge in [0.05, 0.1) is 30.7 Å². The number of rotatable bonds is 2. The first kappa shape index (κ1) is 13.1. The second kappa shape index (κ2) is 5.26. The average Bonchev–Trinajstić information content (AvgIpc) is 2.49. The molecule has 3 N–H and O–H groups in total.